The molecule has 0 spiro atoms. The Hall–Kier alpha value is -2.24. The van der Waals surface area contributed by atoms with E-state index in [9.17, 15) is 13.6 Å². The van der Waals surface area contributed by atoms with E-state index in [2.05, 4.69) is 5.10 Å². The number of allylic oxidation sites excluding steroid dienone is 1. The predicted octanol–water partition coefficient (Wildman–Crippen LogP) is 6.28. The maximum Gasteiger partial charge on any atom is 0.279 e. The summed E-state index contributed by atoms with van der Waals surface area (Å²) in [7, 11) is 0. The van der Waals surface area contributed by atoms with Gasteiger partial charge in [-0.1, -0.05) is 47.5 Å². The van der Waals surface area contributed by atoms with E-state index in [1.807, 2.05) is 6.08 Å². The molecule has 3 nitrogen and oxygen atoms in total. The molecular weight excluding hydrogens is 429 g/mol. The zero-order valence-corrected chi connectivity index (χ0v) is 17.8. The molecule has 1 heterocycles. The van der Waals surface area contributed by atoms with Gasteiger partial charge < -0.3 is 0 Å². The van der Waals surface area contributed by atoms with Crippen molar-refractivity contribution in [2.24, 2.45) is 11.0 Å². The van der Waals surface area contributed by atoms with Gasteiger partial charge in [-0.05, 0) is 73.2 Å². The summed E-state index contributed by atoms with van der Waals surface area (Å²) in [5.41, 5.74) is 3.42. The topological polar surface area (TPSA) is 32.7 Å². The lowest BCUT2D eigenvalue weighted by atomic mass is 9.77. The Kier molecular flexibility index (Phi) is 5.69. The lowest BCUT2D eigenvalue weighted by molar-refractivity contribution is -0.134. The number of amides is 1. The van der Waals surface area contributed by atoms with E-state index in [1.165, 1.54) is 36.2 Å². The highest BCUT2D eigenvalue weighted by Crippen LogP contribution is 2.45. The molecule has 0 radical (unpaired) electrons. The van der Waals surface area contributed by atoms with Gasteiger partial charge in [0.25, 0.3) is 5.91 Å². The summed E-state index contributed by atoms with van der Waals surface area (Å²) in [6, 6.07) is 11.9. The maximum atomic E-state index is 13.5. The zero-order chi connectivity index (χ0) is 21.5. The van der Waals surface area contributed by atoms with Gasteiger partial charge in [-0.3, -0.25) is 4.79 Å². The molecule has 0 bridgehead atoms. The Balaban J connectivity index is 1.76. The number of hydrogen-bond donors (Lipinski definition) is 0. The van der Waals surface area contributed by atoms with Crippen LogP contribution in [0.2, 0.25) is 0 Å². The second kappa shape index (κ2) is 8.12. The first kappa shape index (κ1) is 21.0. The normalized spacial score (nSPS) is 22.8. The van der Waals surface area contributed by atoms with Crippen molar-refractivity contribution in [1.82, 2.24) is 5.01 Å². The first-order valence-electron chi connectivity index (χ1n) is 9.76. The number of carbonyl (C=O) groups excluding carboxylic acids is 1. The SMILES string of the molecule is CC(Cl)(Cl)C(=O)N1N=C2/C(=C\c3ccc(F)cc3)CCCC2C1c1ccc(F)cc1. The van der Waals surface area contributed by atoms with Gasteiger partial charge in [-0.15, -0.1) is 0 Å². The average Bonchev–Trinajstić information content (AvgIpc) is 3.09. The number of hydrogen-bond acceptors (Lipinski definition) is 2. The van der Waals surface area contributed by atoms with E-state index >= 15 is 0 Å². The quantitative estimate of drug-likeness (QED) is 0.508. The standard InChI is InChI=1S/C23H20Cl2F2N2O/c1-23(24,25)22(30)29-21(15-7-11-18(27)12-8-15)19-4-2-3-16(20(19)28-29)13-14-5-9-17(26)10-6-14/h5-13,19,21H,2-4H2,1H3/b16-13-. The smallest absolute Gasteiger partial charge is 0.269 e. The molecule has 1 aliphatic heterocycles. The van der Waals surface area contributed by atoms with Gasteiger partial charge in [0.15, 0.2) is 4.33 Å². The lowest BCUT2D eigenvalue weighted by Crippen LogP contribution is -2.39. The second-order valence-corrected chi connectivity index (χ2v) is 9.44. The number of hydrazone groups is 1. The van der Waals surface area contributed by atoms with Gasteiger partial charge >= 0.3 is 0 Å². The lowest BCUT2D eigenvalue weighted by Gasteiger charge is -2.31. The molecule has 0 aromatic heterocycles. The van der Waals surface area contributed by atoms with Crippen LogP contribution in [-0.2, 0) is 4.79 Å². The average molecular weight is 449 g/mol. The van der Waals surface area contributed by atoms with E-state index in [0.29, 0.717) is 0 Å². The second-order valence-electron chi connectivity index (χ2n) is 7.74. The molecule has 156 valence electrons. The van der Waals surface area contributed by atoms with Crippen LogP contribution in [0.4, 0.5) is 8.78 Å². The van der Waals surface area contributed by atoms with E-state index in [1.54, 1.807) is 24.3 Å². The molecule has 1 amide bonds. The first-order valence-corrected chi connectivity index (χ1v) is 10.5. The van der Waals surface area contributed by atoms with Crippen LogP contribution in [0.25, 0.3) is 6.08 Å². The predicted molar refractivity (Wildman–Crippen MR) is 115 cm³/mol. The zero-order valence-electron chi connectivity index (χ0n) is 16.3. The molecule has 0 saturated heterocycles. The van der Waals surface area contributed by atoms with Crippen LogP contribution in [-0.4, -0.2) is 21.0 Å². The van der Waals surface area contributed by atoms with Crippen LogP contribution in [0.15, 0.2) is 59.2 Å². The molecule has 1 aliphatic carbocycles. The molecule has 1 fully saturated rings. The van der Waals surface area contributed by atoms with E-state index in [-0.39, 0.29) is 17.6 Å². The molecule has 2 aliphatic rings. The van der Waals surface area contributed by atoms with Crippen molar-refractivity contribution in [3.63, 3.8) is 0 Å². The summed E-state index contributed by atoms with van der Waals surface area (Å²) in [4.78, 5) is 13.0. The maximum absolute atomic E-state index is 13.5. The van der Waals surface area contributed by atoms with Crippen LogP contribution in [0.1, 0.15) is 43.4 Å². The first-order chi connectivity index (χ1) is 14.2. The molecule has 2 unspecified atom stereocenters. The van der Waals surface area contributed by atoms with Crippen molar-refractivity contribution in [2.45, 2.75) is 36.6 Å². The minimum atomic E-state index is -1.64. The van der Waals surface area contributed by atoms with Crippen molar-refractivity contribution in [3.8, 4) is 0 Å². The number of alkyl halides is 2. The fourth-order valence-electron chi connectivity index (χ4n) is 4.12. The molecule has 4 rings (SSSR count). The Bertz CT molecular complexity index is 1010. The van der Waals surface area contributed by atoms with Crippen molar-refractivity contribution in [2.75, 3.05) is 0 Å². The number of nitrogens with zero attached hydrogens (tertiary/aromatic N) is 2. The van der Waals surface area contributed by atoms with E-state index in [4.69, 9.17) is 23.2 Å². The highest BCUT2D eigenvalue weighted by atomic mass is 35.5. The summed E-state index contributed by atoms with van der Waals surface area (Å²) in [6.07, 6.45) is 4.51. The molecule has 0 N–H and O–H groups in total. The molecule has 2 atom stereocenters. The number of fused-ring (bicyclic) bond motifs is 1. The van der Waals surface area contributed by atoms with Crippen LogP contribution >= 0.6 is 23.2 Å². The van der Waals surface area contributed by atoms with Crippen molar-refractivity contribution in [1.29, 1.82) is 0 Å². The van der Waals surface area contributed by atoms with Gasteiger partial charge in [-0.25, -0.2) is 13.8 Å². The van der Waals surface area contributed by atoms with Gasteiger partial charge in [0.2, 0.25) is 0 Å². The van der Waals surface area contributed by atoms with Crippen LogP contribution in [0.3, 0.4) is 0 Å². The Morgan fingerprint density at radius 2 is 1.70 bits per heavy atom. The van der Waals surface area contributed by atoms with E-state index < -0.39 is 16.3 Å². The molecule has 2 aromatic rings. The van der Waals surface area contributed by atoms with Crippen molar-refractivity contribution >= 4 is 40.9 Å². The van der Waals surface area contributed by atoms with Gasteiger partial charge in [0, 0.05) is 5.92 Å². The summed E-state index contributed by atoms with van der Waals surface area (Å²) < 4.78 is 25.1. The monoisotopic (exact) mass is 448 g/mol. The minimum absolute atomic E-state index is 0.0597. The Morgan fingerprint density at radius 3 is 2.30 bits per heavy atom. The highest BCUT2D eigenvalue weighted by Gasteiger charge is 2.47. The van der Waals surface area contributed by atoms with E-state index in [0.717, 1.165) is 41.7 Å². The number of carbonyl (C=O) groups is 1. The van der Waals surface area contributed by atoms with Crippen molar-refractivity contribution in [3.05, 3.63) is 76.9 Å². The fraction of sp³-hybridized carbons (Fsp3) is 0.304. The third-order valence-corrected chi connectivity index (χ3v) is 5.83. The summed E-state index contributed by atoms with van der Waals surface area (Å²) in [5, 5.41) is 5.99. The number of benzene rings is 2. The summed E-state index contributed by atoms with van der Waals surface area (Å²) >= 11 is 12.2. The number of halogens is 4. The largest absolute Gasteiger partial charge is 0.279 e. The van der Waals surface area contributed by atoms with Gasteiger partial charge in [0.1, 0.15) is 11.6 Å². The number of rotatable bonds is 3. The minimum Gasteiger partial charge on any atom is -0.269 e. The third kappa shape index (κ3) is 4.14. The molecule has 1 saturated carbocycles. The molecule has 7 heteroatoms. The van der Waals surface area contributed by atoms with Crippen LogP contribution in [0, 0.1) is 17.6 Å². The fourth-order valence-corrected chi connectivity index (χ4v) is 4.30. The Labute approximate surface area is 184 Å². The van der Waals surface area contributed by atoms with Crippen molar-refractivity contribution < 1.29 is 13.6 Å². The van der Waals surface area contributed by atoms with Crippen LogP contribution in [0.5, 0.6) is 0 Å². The molecule has 30 heavy (non-hydrogen) atoms. The molecule has 2 aromatic carbocycles. The Morgan fingerprint density at radius 1 is 1.10 bits per heavy atom. The van der Waals surface area contributed by atoms with Gasteiger partial charge in [0.05, 0.1) is 11.8 Å². The summed E-state index contributed by atoms with van der Waals surface area (Å²) in [6.45, 7) is 1.41. The van der Waals surface area contributed by atoms with Crippen LogP contribution < -0.4 is 0 Å². The van der Waals surface area contributed by atoms with Gasteiger partial charge in [-0.2, -0.15) is 5.10 Å². The third-order valence-electron chi connectivity index (χ3n) is 5.51. The highest BCUT2D eigenvalue weighted by molar-refractivity contribution is 6.57. The molecular formula is C23H20Cl2F2N2O. The summed E-state index contributed by atoms with van der Waals surface area (Å²) in [5.74, 6) is -1.23.